The summed E-state index contributed by atoms with van der Waals surface area (Å²) >= 11 is 6.10. The Morgan fingerprint density at radius 2 is 1.70 bits per heavy atom. The highest BCUT2D eigenvalue weighted by Gasteiger charge is 2.11. The molecule has 1 aromatic heterocycles. The number of carbonyl (C=O) groups excluding carboxylic acids is 2. The van der Waals surface area contributed by atoms with Crippen molar-refractivity contribution in [3.05, 3.63) is 59.2 Å². The first kappa shape index (κ1) is 15.1. The Morgan fingerprint density at radius 1 is 1.00 bits per heavy atom. The number of amides is 2. The van der Waals surface area contributed by atoms with Crippen LogP contribution in [0.3, 0.4) is 0 Å². The van der Waals surface area contributed by atoms with Crippen LogP contribution in [-0.2, 0) is 4.79 Å². The number of carbonyl (C=O) groups is 2. The highest BCUT2D eigenvalue weighted by molar-refractivity contribution is 6.35. The first-order valence-electron chi connectivity index (χ1n) is 6.99. The lowest BCUT2D eigenvalue weighted by Gasteiger charge is -2.07. The number of hydrogen-bond donors (Lipinski definition) is 3. The maximum absolute atomic E-state index is 12.4. The van der Waals surface area contributed by atoms with Crippen molar-refractivity contribution in [3.8, 4) is 0 Å². The quantitative estimate of drug-likeness (QED) is 0.679. The van der Waals surface area contributed by atoms with Crippen LogP contribution >= 0.6 is 11.6 Å². The molecule has 2 aromatic carbocycles. The van der Waals surface area contributed by atoms with Crippen molar-refractivity contribution in [2.75, 3.05) is 10.6 Å². The number of H-pyrrole nitrogens is 1. The van der Waals surface area contributed by atoms with Gasteiger partial charge in [-0.1, -0.05) is 29.8 Å². The Hall–Kier alpha value is -2.79. The van der Waals surface area contributed by atoms with Crippen LogP contribution in [0, 0.1) is 0 Å². The topological polar surface area (TPSA) is 74.0 Å². The number of halogens is 1. The van der Waals surface area contributed by atoms with Gasteiger partial charge >= 0.3 is 0 Å². The second-order valence-electron chi connectivity index (χ2n) is 5.10. The summed E-state index contributed by atoms with van der Waals surface area (Å²) in [4.78, 5) is 26.5. The summed E-state index contributed by atoms with van der Waals surface area (Å²) in [6.45, 7) is 1.43. The van der Waals surface area contributed by atoms with Crippen LogP contribution in [0.4, 0.5) is 11.4 Å². The number of anilines is 2. The minimum Gasteiger partial charge on any atom is -0.349 e. The molecule has 0 aliphatic rings. The van der Waals surface area contributed by atoms with Gasteiger partial charge in [-0.25, -0.2) is 0 Å². The molecule has 0 fully saturated rings. The molecule has 0 saturated carbocycles. The summed E-state index contributed by atoms with van der Waals surface area (Å²) in [5, 5.41) is 6.89. The number of rotatable bonds is 3. The molecule has 0 aliphatic carbocycles. The van der Waals surface area contributed by atoms with Crippen LogP contribution in [-0.4, -0.2) is 16.8 Å². The van der Waals surface area contributed by atoms with E-state index < -0.39 is 0 Å². The Kier molecular flexibility index (Phi) is 4.04. The fourth-order valence-corrected chi connectivity index (χ4v) is 2.55. The maximum Gasteiger partial charge on any atom is 0.272 e. The van der Waals surface area contributed by atoms with Crippen molar-refractivity contribution in [2.45, 2.75) is 6.92 Å². The van der Waals surface area contributed by atoms with E-state index in [1.165, 1.54) is 6.92 Å². The van der Waals surface area contributed by atoms with E-state index in [1.54, 1.807) is 36.4 Å². The number of aromatic amines is 1. The molecule has 0 spiro atoms. The molecule has 116 valence electrons. The zero-order chi connectivity index (χ0) is 16.4. The first-order chi connectivity index (χ1) is 11.0. The Balaban J connectivity index is 1.83. The third-order valence-electron chi connectivity index (χ3n) is 3.29. The second-order valence-corrected chi connectivity index (χ2v) is 5.51. The van der Waals surface area contributed by atoms with E-state index in [-0.39, 0.29) is 11.8 Å². The summed E-state index contributed by atoms with van der Waals surface area (Å²) in [6, 6.07) is 14.2. The Morgan fingerprint density at radius 3 is 2.39 bits per heavy atom. The number of nitrogens with one attached hydrogen (secondary N) is 3. The molecule has 3 rings (SSSR count). The Bertz CT molecular complexity index is 902. The van der Waals surface area contributed by atoms with Crippen LogP contribution in [0.15, 0.2) is 48.5 Å². The standard InChI is InChI=1S/C17H14ClN3O2/c1-10(22)19-12-5-3-6-13(9-12)20-17(23)15-8-11-4-2-7-14(18)16(11)21-15/h2-9,21H,1H3,(H,19,22)(H,20,23). The zero-order valence-electron chi connectivity index (χ0n) is 12.3. The van der Waals surface area contributed by atoms with Crippen molar-refractivity contribution in [2.24, 2.45) is 0 Å². The molecule has 23 heavy (non-hydrogen) atoms. The minimum absolute atomic E-state index is 0.168. The van der Waals surface area contributed by atoms with E-state index in [2.05, 4.69) is 15.6 Å². The minimum atomic E-state index is -0.280. The maximum atomic E-state index is 12.4. The van der Waals surface area contributed by atoms with Gasteiger partial charge in [-0.05, 0) is 30.3 Å². The monoisotopic (exact) mass is 327 g/mol. The van der Waals surface area contributed by atoms with Gasteiger partial charge in [0.25, 0.3) is 5.91 Å². The zero-order valence-corrected chi connectivity index (χ0v) is 13.1. The van der Waals surface area contributed by atoms with Crippen LogP contribution in [0.2, 0.25) is 5.02 Å². The van der Waals surface area contributed by atoms with E-state index in [4.69, 9.17) is 11.6 Å². The van der Waals surface area contributed by atoms with E-state index in [1.807, 2.05) is 12.1 Å². The molecule has 6 heteroatoms. The summed E-state index contributed by atoms with van der Waals surface area (Å²) in [6.07, 6.45) is 0. The predicted octanol–water partition coefficient (Wildman–Crippen LogP) is 4.03. The van der Waals surface area contributed by atoms with E-state index in [0.717, 1.165) is 10.9 Å². The van der Waals surface area contributed by atoms with Gasteiger partial charge in [-0.3, -0.25) is 9.59 Å². The average molecular weight is 328 g/mol. The van der Waals surface area contributed by atoms with E-state index in [0.29, 0.717) is 22.1 Å². The largest absolute Gasteiger partial charge is 0.349 e. The summed E-state index contributed by atoms with van der Waals surface area (Å²) < 4.78 is 0. The lowest BCUT2D eigenvalue weighted by molar-refractivity contribution is -0.114. The number of fused-ring (bicyclic) bond motifs is 1. The van der Waals surface area contributed by atoms with Gasteiger partial charge in [0.05, 0.1) is 10.5 Å². The van der Waals surface area contributed by atoms with Crippen LogP contribution in [0.5, 0.6) is 0 Å². The van der Waals surface area contributed by atoms with Crippen molar-refractivity contribution in [3.63, 3.8) is 0 Å². The molecule has 3 aromatic rings. The van der Waals surface area contributed by atoms with Crippen molar-refractivity contribution in [1.29, 1.82) is 0 Å². The molecule has 0 radical (unpaired) electrons. The number of para-hydroxylation sites is 1. The molecule has 1 heterocycles. The van der Waals surface area contributed by atoms with Gasteiger partial charge in [0.15, 0.2) is 0 Å². The smallest absolute Gasteiger partial charge is 0.272 e. The van der Waals surface area contributed by atoms with Gasteiger partial charge < -0.3 is 15.6 Å². The van der Waals surface area contributed by atoms with Gasteiger partial charge in [0.1, 0.15) is 5.69 Å². The van der Waals surface area contributed by atoms with Crippen molar-refractivity contribution in [1.82, 2.24) is 4.98 Å². The van der Waals surface area contributed by atoms with Gasteiger partial charge in [-0.2, -0.15) is 0 Å². The molecule has 0 unspecified atom stereocenters. The van der Waals surface area contributed by atoms with Gasteiger partial charge in [0.2, 0.25) is 5.91 Å². The van der Waals surface area contributed by atoms with Gasteiger partial charge in [-0.15, -0.1) is 0 Å². The number of hydrogen-bond acceptors (Lipinski definition) is 2. The SMILES string of the molecule is CC(=O)Nc1cccc(NC(=O)c2cc3cccc(Cl)c3[nH]2)c1. The van der Waals surface area contributed by atoms with Crippen LogP contribution in [0.1, 0.15) is 17.4 Å². The third-order valence-corrected chi connectivity index (χ3v) is 3.61. The fourth-order valence-electron chi connectivity index (χ4n) is 2.32. The summed E-state index contributed by atoms with van der Waals surface area (Å²) in [5.41, 5.74) is 2.35. The van der Waals surface area contributed by atoms with Gasteiger partial charge in [0, 0.05) is 23.7 Å². The second kappa shape index (κ2) is 6.14. The molecular weight excluding hydrogens is 314 g/mol. The highest BCUT2D eigenvalue weighted by atomic mass is 35.5. The molecule has 0 atom stereocenters. The highest BCUT2D eigenvalue weighted by Crippen LogP contribution is 2.24. The first-order valence-corrected chi connectivity index (χ1v) is 7.37. The third kappa shape index (κ3) is 3.35. The summed E-state index contributed by atoms with van der Waals surface area (Å²) in [5.74, 6) is -0.448. The average Bonchev–Trinajstić information content (AvgIpc) is 2.92. The molecule has 0 aliphatic heterocycles. The lowest BCUT2D eigenvalue weighted by atomic mass is 10.2. The van der Waals surface area contributed by atoms with Crippen molar-refractivity contribution >= 4 is 45.7 Å². The normalized spacial score (nSPS) is 10.5. The van der Waals surface area contributed by atoms with E-state index in [9.17, 15) is 9.59 Å². The predicted molar refractivity (Wildman–Crippen MR) is 92.0 cm³/mol. The number of benzene rings is 2. The van der Waals surface area contributed by atoms with Crippen molar-refractivity contribution < 1.29 is 9.59 Å². The molecule has 0 saturated heterocycles. The molecular formula is C17H14ClN3O2. The summed E-state index contributed by atoms with van der Waals surface area (Å²) in [7, 11) is 0. The van der Waals surface area contributed by atoms with Crippen LogP contribution < -0.4 is 10.6 Å². The van der Waals surface area contributed by atoms with Crippen LogP contribution in [0.25, 0.3) is 10.9 Å². The number of aromatic nitrogens is 1. The lowest BCUT2D eigenvalue weighted by Crippen LogP contribution is -2.12. The molecule has 0 bridgehead atoms. The molecule has 5 nitrogen and oxygen atoms in total. The Labute approximate surface area is 137 Å². The molecule has 2 amide bonds. The molecule has 3 N–H and O–H groups in total. The van der Waals surface area contributed by atoms with E-state index >= 15 is 0 Å². The fraction of sp³-hybridized carbons (Fsp3) is 0.0588.